The molecule has 1 rings (SSSR count). The van der Waals surface area contributed by atoms with E-state index >= 15 is 0 Å². The van der Waals surface area contributed by atoms with Gasteiger partial charge in [-0.15, -0.1) is 12.1 Å². The lowest BCUT2D eigenvalue weighted by Gasteiger charge is -2.37. The van der Waals surface area contributed by atoms with Crippen molar-refractivity contribution in [1.29, 1.82) is 0 Å². The van der Waals surface area contributed by atoms with Gasteiger partial charge in [0.05, 0.1) is 7.11 Å². The van der Waals surface area contributed by atoms with Crippen LogP contribution in [-0.4, -0.2) is 28.4 Å². The van der Waals surface area contributed by atoms with Crippen LogP contribution in [0.5, 0.6) is 5.75 Å². The zero-order valence-electron chi connectivity index (χ0n) is 14.7. The van der Waals surface area contributed by atoms with Crippen molar-refractivity contribution in [3.63, 3.8) is 0 Å². The number of allylic oxidation sites excluding steroid dienone is 1. The van der Waals surface area contributed by atoms with E-state index in [1.54, 1.807) is 7.11 Å². The molecule has 0 spiro atoms. The second kappa shape index (κ2) is 6.86. The van der Waals surface area contributed by atoms with E-state index in [-0.39, 0.29) is 0 Å². The van der Waals surface area contributed by atoms with E-state index in [4.69, 9.17) is 4.74 Å². The van der Waals surface area contributed by atoms with Gasteiger partial charge >= 0.3 is 0 Å². The van der Waals surface area contributed by atoms with Crippen LogP contribution in [0.1, 0.15) is 5.56 Å². The third-order valence-electron chi connectivity index (χ3n) is 3.74. The van der Waals surface area contributed by atoms with E-state index in [9.17, 15) is 5.11 Å². The first-order chi connectivity index (χ1) is 10.1. The van der Waals surface area contributed by atoms with Crippen LogP contribution in [-0.2, 0) is 5.22 Å². The molecule has 4 heteroatoms. The van der Waals surface area contributed by atoms with Crippen molar-refractivity contribution in [1.82, 2.24) is 0 Å². The van der Waals surface area contributed by atoms with E-state index in [0.717, 1.165) is 17.4 Å². The maximum Gasteiger partial charge on any atom is 0.136 e. The third-order valence-corrected chi connectivity index (χ3v) is 8.30. The molecule has 0 saturated heterocycles. The van der Waals surface area contributed by atoms with Crippen molar-refractivity contribution in [2.75, 3.05) is 7.11 Å². The Balaban J connectivity index is 3.50. The Kier molecular flexibility index (Phi) is 5.85. The smallest absolute Gasteiger partial charge is 0.136 e. The molecule has 1 N–H and O–H groups in total. The highest BCUT2D eigenvalue weighted by Crippen LogP contribution is 2.36. The average Bonchev–Trinajstić information content (AvgIpc) is 2.43. The Morgan fingerprint density at radius 2 is 1.91 bits per heavy atom. The summed E-state index contributed by atoms with van der Waals surface area (Å²) in [6, 6.07) is 8.45. The minimum Gasteiger partial charge on any atom is -0.497 e. The number of rotatable bonds is 5. The van der Waals surface area contributed by atoms with Crippen LogP contribution in [0.15, 0.2) is 36.9 Å². The maximum absolute atomic E-state index is 11.5. The SMILES string of the molecule is C=CC[Si](C)(C)C(O)(C#C[Si](C)(C)C)c1cccc(OC)c1. The summed E-state index contributed by atoms with van der Waals surface area (Å²) < 4.78 is 5.31. The molecular formula is C18H28O2Si2. The molecule has 120 valence electrons. The monoisotopic (exact) mass is 332 g/mol. The summed E-state index contributed by atoms with van der Waals surface area (Å²) in [6.45, 7) is 14.7. The standard InChI is InChI=1S/C18H28O2Si2/c1-8-13-22(6,7)18(19,12-14-21(3,4)5)16-10-9-11-17(15-16)20-2/h8-11,15,19H,1,13H2,2-7H3. The molecule has 1 atom stereocenters. The summed E-state index contributed by atoms with van der Waals surface area (Å²) in [5.74, 6) is 4.00. The van der Waals surface area contributed by atoms with E-state index in [1.165, 1.54) is 0 Å². The molecule has 0 bridgehead atoms. The minimum atomic E-state index is -2.10. The fourth-order valence-corrected chi connectivity index (χ4v) is 5.30. The molecular weight excluding hydrogens is 304 g/mol. The molecule has 2 nitrogen and oxygen atoms in total. The zero-order chi connectivity index (χ0) is 17.0. The van der Waals surface area contributed by atoms with Gasteiger partial charge in [-0.25, -0.2) is 0 Å². The molecule has 1 unspecified atom stereocenters. The normalized spacial score (nSPS) is 14.5. The number of hydrogen-bond acceptors (Lipinski definition) is 2. The molecule has 1 aromatic carbocycles. The van der Waals surface area contributed by atoms with Crippen molar-refractivity contribution >= 4 is 16.1 Å². The molecule has 0 aromatic heterocycles. The fourth-order valence-electron chi connectivity index (χ4n) is 2.27. The quantitative estimate of drug-likeness (QED) is 0.497. The molecule has 0 aliphatic heterocycles. The topological polar surface area (TPSA) is 29.5 Å². The van der Waals surface area contributed by atoms with Gasteiger partial charge in [0.25, 0.3) is 0 Å². The molecule has 0 amide bonds. The largest absolute Gasteiger partial charge is 0.497 e. The van der Waals surface area contributed by atoms with Crippen LogP contribution in [0.2, 0.25) is 38.8 Å². The lowest BCUT2D eigenvalue weighted by Crippen LogP contribution is -2.51. The summed E-state index contributed by atoms with van der Waals surface area (Å²) in [6.07, 6.45) is 1.90. The summed E-state index contributed by atoms with van der Waals surface area (Å²) >= 11 is 0. The predicted molar refractivity (Wildman–Crippen MR) is 100 cm³/mol. The molecule has 0 heterocycles. The van der Waals surface area contributed by atoms with Crippen LogP contribution in [0, 0.1) is 11.5 Å². The van der Waals surface area contributed by atoms with Gasteiger partial charge in [0.15, 0.2) is 0 Å². The van der Waals surface area contributed by atoms with Gasteiger partial charge in [0, 0.05) is 0 Å². The van der Waals surface area contributed by atoms with Crippen LogP contribution in [0.3, 0.4) is 0 Å². The molecule has 0 saturated carbocycles. The van der Waals surface area contributed by atoms with Crippen molar-refractivity contribution < 1.29 is 9.84 Å². The van der Waals surface area contributed by atoms with E-state index < -0.39 is 21.4 Å². The fraction of sp³-hybridized carbons (Fsp3) is 0.444. The molecule has 0 radical (unpaired) electrons. The Hall–Kier alpha value is -1.29. The lowest BCUT2D eigenvalue weighted by atomic mass is 10.1. The van der Waals surface area contributed by atoms with Gasteiger partial charge in [-0.05, 0) is 23.7 Å². The van der Waals surface area contributed by atoms with Crippen molar-refractivity contribution in [2.24, 2.45) is 0 Å². The van der Waals surface area contributed by atoms with Crippen LogP contribution in [0.25, 0.3) is 0 Å². The second-order valence-electron chi connectivity index (χ2n) is 7.32. The lowest BCUT2D eigenvalue weighted by molar-refractivity contribution is 0.177. The molecule has 22 heavy (non-hydrogen) atoms. The summed E-state index contributed by atoms with van der Waals surface area (Å²) in [5.41, 5.74) is 4.19. The van der Waals surface area contributed by atoms with Crippen LogP contribution >= 0.6 is 0 Å². The van der Waals surface area contributed by atoms with E-state index in [2.05, 4.69) is 50.8 Å². The molecule has 1 aromatic rings. The first-order valence-electron chi connectivity index (χ1n) is 7.58. The van der Waals surface area contributed by atoms with Gasteiger partial charge in [-0.2, -0.15) is 0 Å². The number of aliphatic hydroxyl groups is 1. The second-order valence-corrected chi connectivity index (χ2v) is 17.0. The summed E-state index contributed by atoms with van der Waals surface area (Å²) in [7, 11) is -2.05. The maximum atomic E-state index is 11.5. The summed E-state index contributed by atoms with van der Waals surface area (Å²) in [4.78, 5) is 0. The first-order valence-corrected chi connectivity index (χ1v) is 14.3. The first kappa shape index (κ1) is 18.8. The minimum absolute atomic E-state index is 0.745. The highest BCUT2D eigenvalue weighted by molar-refractivity contribution is 6.84. The Morgan fingerprint density at radius 1 is 1.27 bits per heavy atom. The number of methoxy groups -OCH3 is 1. The Labute approximate surface area is 137 Å². The van der Waals surface area contributed by atoms with Crippen LogP contribution in [0.4, 0.5) is 0 Å². The number of ether oxygens (including phenoxy) is 1. The van der Waals surface area contributed by atoms with Crippen molar-refractivity contribution in [3.05, 3.63) is 42.5 Å². The number of benzene rings is 1. The van der Waals surface area contributed by atoms with Gasteiger partial charge < -0.3 is 9.84 Å². The van der Waals surface area contributed by atoms with Gasteiger partial charge in [0.2, 0.25) is 0 Å². The van der Waals surface area contributed by atoms with Crippen LogP contribution < -0.4 is 4.74 Å². The van der Waals surface area contributed by atoms with Gasteiger partial charge in [-0.1, -0.05) is 56.9 Å². The highest BCUT2D eigenvalue weighted by Gasteiger charge is 2.45. The van der Waals surface area contributed by atoms with Gasteiger partial charge in [-0.3, -0.25) is 0 Å². The highest BCUT2D eigenvalue weighted by atomic mass is 28.3. The zero-order valence-corrected chi connectivity index (χ0v) is 16.7. The van der Waals surface area contributed by atoms with E-state index in [0.29, 0.717) is 0 Å². The average molecular weight is 333 g/mol. The van der Waals surface area contributed by atoms with Gasteiger partial charge in [0.1, 0.15) is 27.1 Å². The molecule has 0 aliphatic carbocycles. The summed E-state index contributed by atoms with van der Waals surface area (Å²) in [5, 5.41) is 10.4. The van der Waals surface area contributed by atoms with Crippen molar-refractivity contribution in [3.8, 4) is 17.2 Å². The van der Waals surface area contributed by atoms with E-state index in [1.807, 2.05) is 30.3 Å². The predicted octanol–water partition coefficient (Wildman–Crippen LogP) is 4.20. The Bertz CT molecular complexity index is 591. The third kappa shape index (κ3) is 4.36. The Morgan fingerprint density at radius 3 is 2.41 bits per heavy atom. The molecule has 0 aliphatic rings. The molecule has 0 fully saturated rings. The number of hydrogen-bond donors (Lipinski definition) is 1. The van der Waals surface area contributed by atoms with Crippen molar-refractivity contribution in [2.45, 2.75) is 44.0 Å².